The molecule has 0 aliphatic heterocycles. The van der Waals surface area contributed by atoms with Crippen molar-refractivity contribution in [3.05, 3.63) is 72.6 Å². The van der Waals surface area contributed by atoms with Crippen molar-refractivity contribution in [2.75, 3.05) is 11.9 Å². The number of hydrogen-bond acceptors (Lipinski definition) is 4. The van der Waals surface area contributed by atoms with Crippen molar-refractivity contribution in [2.45, 2.75) is 0 Å². The molecule has 2 aromatic heterocycles. The van der Waals surface area contributed by atoms with E-state index in [1.165, 1.54) is 12.4 Å². The molecule has 4 rings (SSSR count). The predicted octanol–water partition coefficient (Wildman–Crippen LogP) is 4.34. The van der Waals surface area contributed by atoms with Crippen LogP contribution in [-0.2, 0) is 0 Å². The highest BCUT2D eigenvalue weighted by Gasteiger charge is 2.13. The normalized spacial score (nSPS) is 10.6. The van der Waals surface area contributed by atoms with Crippen molar-refractivity contribution >= 4 is 28.4 Å². The lowest BCUT2D eigenvalue weighted by molar-refractivity contribution is 1.05. The van der Waals surface area contributed by atoms with Gasteiger partial charge in [-0.1, -0.05) is 30.3 Å². The van der Waals surface area contributed by atoms with E-state index in [9.17, 15) is 0 Å². The van der Waals surface area contributed by atoms with Crippen molar-refractivity contribution in [2.24, 2.45) is 0 Å². The van der Waals surface area contributed by atoms with Gasteiger partial charge in [-0.25, -0.2) is 19.8 Å². The van der Waals surface area contributed by atoms with Crippen molar-refractivity contribution in [1.82, 2.24) is 19.9 Å². The summed E-state index contributed by atoms with van der Waals surface area (Å²) >= 11 is 0. The molecule has 0 saturated heterocycles. The molecule has 0 saturated carbocycles. The summed E-state index contributed by atoms with van der Waals surface area (Å²) in [5.41, 5.74) is 5.36. The summed E-state index contributed by atoms with van der Waals surface area (Å²) in [6.45, 7) is 7.00. The number of imidazole rings is 1. The molecule has 6 nitrogen and oxygen atoms in total. The second-order valence-electron chi connectivity index (χ2n) is 5.57. The van der Waals surface area contributed by atoms with Crippen LogP contribution in [-0.4, -0.2) is 27.0 Å². The fraction of sp³-hybridized carbons (Fsp3) is 0.0526. The zero-order chi connectivity index (χ0) is 17.2. The maximum atomic E-state index is 7.00. The van der Waals surface area contributed by atoms with Gasteiger partial charge in [-0.2, -0.15) is 0 Å². The minimum atomic E-state index is 0.422. The predicted molar refractivity (Wildman–Crippen MR) is 97.9 cm³/mol. The fourth-order valence-electron chi connectivity index (χ4n) is 2.73. The summed E-state index contributed by atoms with van der Waals surface area (Å²) in [4.78, 5) is 21.4. The van der Waals surface area contributed by atoms with Gasteiger partial charge < -0.3 is 9.88 Å². The maximum Gasteiger partial charge on any atom is 0.227 e. The second kappa shape index (κ2) is 6.06. The van der Waals surface area contributed by atoms with Crippen LogP contribution in [0.2, 0.25) is 0 Å². The SMILES string of the molecule is [C-]#[N+]c1cnc(N(C)c2cc(-c3ccccc3)c3nc[nH]c3c2)nc1. The van der Waals surface area contributed by atoms with Crippen molar-refractivity contribution in [1.29, 1.82) is 0 Å². The van der Waals surface area contributed by atoms with Gasteiger partial charge in [-0.05, 0) is 17.7 Å². The molecule has 0 radical (unpaired) electrons. The van der Waals surface area contributed by atoms with Gasteiger partial charge in [0.05, 0.1) is 23.9 Å². The van der Waals surface area contributed by atoms with Crippen molar-refractivity contribution in [3.8, 4) is 11.1 Å². The zero-order valence-corrected chi connectivity index (χ0v) is 13.5. The van der Waals surface area contributed by atoms with E-state index in [0.717, 1.165) is 27.8 Å². The molecule has 0 aliphatic carbocycles. The number of H-pyrrole nitrogens is 1. The van der Waals surface area contributed by atoms with Crippen LogP contribution in [0.25, 0.3) is 27.0 Å². The van der Waals surface area contributed by atoms with E-state index < -0.39 is 0 Å². The molecule has 0 fully saturated rings. The first kappa shape index (κ1) is 14.8. The van der Waals surface area contributed by atoms with E-state index in [0.29, 0.717) is 11.6 Å². The largest absolute Gasteiger partial charge is 0.345 e. The van der Waals surface area contributed by atoms with Gasteiger partial charge in [0, 0.05) is 30.7 Å². The quantitative estimate of drug-likeness (QED) is 0.569. The van der Waals surface area contributed by atoms with E-state index in [-0.39, 0.29) is 0 Å². The second-order valence-corrected chi connectivity index (χ2v) is 5.57. The minimum Gasteiger partial charge on any atom is -0.345 e. The molecule has 2 aromatic carbocycles. The van der Waals surface area contributed by atoms with Crippen LogP contribution in [0.1, 0.15) is 0 Å². The topological polar surface area (TPSA) is 62.1 Å². The van der Waals surface area contributed by atoms with Crippen LogP contribution in [0.3, 0.4) is 0 Å². The molecule has 6 heteroatoms. The number of aromatic amines is 1. The highest BCUT2D eigenvalue weighted by Crippen LogP contribution is 2.33. The summed E-state index contributed by atoms with van der Waals surface area (Å²) < 4.78 is 0. The molecule has 120 valence electrons. The lowest BCUT2D eigenvalue weighted by Crippen LogP contribution is -2.12. The molecule has 0 aliphatic rings. The Hall–Kier alpha value is -3.72. The number of anilines is 2. The van der Waals surface area contributed by atoms with Crippen molar-refractivity contribution < 1.29 is 0 Å². The average molecular weight is 326 g/mol. The summed E-state index contributed by atoms with van der Waals surface area (Å²) in [5.74, 6) is 0.533. The summed E-state index contributed by atoms with van der Waals surface area (Å²) in [7, 11) is 1.90. The third kappa shape index (κ3) is 2.68. The van der Waals surface area contributed by atoms with Gasteiger partial charge in [0.25, 0.3) is 0 Å². The lowest BCUT2D eigenvalue weighted by atomic mass is 10.0. The number of nitrogens with one attached hydrogen (secondary N) is 1. The lowest BCUT2D eigenvalue weighted by Gasteiger charge is -2.18. The fourth-order valence-corrected chi connectivity index (χ4v) is 2.73. The zero-order valence-electron chi connectivity index (χ0n) is 13.5. The van der Waals surface area contributed by atoms with E-state index in [4.69, 9.17) is 6.57 Å². The number of nitrogens with zero attached hydrogens (tertiary/aromatic N) is 5. The van der Waals surface area contributed by atoms with Gasteiger partial charge in [-0.15, -0.1) is 0 Å². The highest BCUT2D eigenvalue weighted by atomic mass is 15.2. The van der Waals surface area contributed by atoms with Gasteiger partial charge in [0.1, 0.15) is 0 Å². The van der Waals surface area contributed by atoms with E-state index in [1.54, 1.807) is 6.33 Å². The molecular formula is C19H14N6. The Balaban J connectivity index is 1.83. The van der Waals surface area contributed by atoms with Crippen LogP contribution >= 0.6 is 0 Å². The molecule has 0 bridgehead atoms. The Morgan fingerprint density at radius 2 is 1.80 bits per heavy atom. The number of fused-ring (bicyclic) bond motifs is 1. The molecule has 0 spiro atoms. The Morgan fingerprint density at radius 1 is 1.04 bits per heavy atom. The average Bonchev–Trinajstić information content (AvgIpc) is 3.16. The van der Waals surface area contributed by atoms with Crippen LogP contribution in [0.15, 0.2) is 61.2 Å². The standard InChI is InChI=1S/C19H14N6/c1-20-14-10-21-19(22-11-14)25(2)15-8-16(13-6-4-3-5-7-13)18-17(9-15)23-12-24-18/h3-12H,2H3,(H,23,24). The first-order valence-corrected chi connectivity index (χ1v) is 7.72. The Kier molecular flexibility index (Phi) is 3.60. The van der Waals surface area contributed by atoms with E-state index in [1.807, 2.05) is 36.2 Å². The molecule has 25 heavy (non-hydrogen) atoms. The molecule has 2 heterocycles. The van der Waals surface area contributed by atoms with E-state index in [2.05, 4.69) is 43.0 Å². The van der Waals surface area contributed by atoms with Crippen molar-refractivity contribution in [3.63, 3.8) is 0 Å². The Bertz CT molecular complexity index is 1060. The number of aromatic nitrogens is 4. The molecule has 1 N–H and O–H groups in total. The van der Waals surface area contributed by atoms with Crippen LogP contribution < -0.4 is 4.90 Å². The Labute approximate surface area is 144 Å². The van der Waals surface area contributed by atoms with Crippen LogP contribution in [0.4, 0.5) is 17.3 Å². The first-order valence-electron chi connectivity index (χ1n) is 7.72. The van der Waals surface area contributed by atoms with Gasteiger partial charge in [0.2, 0.25) is 11.6 Å². The number of rotatable bonds is 3. The molecule has 0 amide bonds. The van der Waals surface area contributed by atoms with Crippen LogP contribution in [0.5, 0.6) is 0 Å². The van der Waals surface area contributed by atoms with Gasteiger partial charge in [0.15, 0.2) is 0 Å². The maximum absolute atomic E-state index is 7.00. The first-order chi connectivity index (χ1) is 12.3. The van der Waals surface area contributed by atoms with Gasteiger partial charge in [-0.3, -0.25) is 0 Å². The van der Waals surface area contributed by atoms with Crippen LogP contribution in [0, 0.1) is 6.57 Å². The Morgan fingerprint density at radius 3 is 2.52 bits per heavy atom. The molecule has 0 atom stereocenters. The highest BCUT2D eigenvalue weighted by molar-refractivity contribution is 5.95. The summed E-state index contributed by atoms with van der Waals surface area (Å²) in [5, 5.41) is 0. The molecule has 4 aromatic rings. The number of benzene rings is 2. The third-order valence-electron chi connectivity index (χ3n) is 4.03. The van der Waals surface area contributed by atoms with E-state index >= 15 is 0 Å². The summed E-state index contributed by atoms with van der Waals surface area (Å²) in [6, 6.07) is 14.2. The molecular weight excluding hydrogens is 312 g/mol. The monoisotopic (exact) mass is 326 g/mol. The minimum absolute atomic E-state index is 0.422. The summed E-state index contributed by atoms with van der Waals surface area (Å²) in [6.07, 6.45) is 4.75. The molecule has 0 unspecified atom stereocenters. The van der Waals surface area contributed by atoms with Gasteiger partial charge >= 0.3 is 0 Å². The smallest absolute Gasteiger partial charge is 0.227 e. The third-order valence-corrected chi connectivity index (χ3v) is 4.03. The number of hydrogen-bond donors (Lipinski definition) is 1.